The van der Waals surface area contributed by atoms with Crippen LogP contribution in [-0.4, -0.2) is 39.7 Å². The molecular formula is C13H18N2O2S. The Hall–Kier alpha value is -1.20. The summed E-state index contributed by atoms with van der Waals surface area (Å²) in [6.45, 7) is 2.50. The smallest absolute Gasteiger partial charge is 0.245 e. The molecule has 5 heteroatoms. The first-order valence-electron chi connectivity index (χ1n) is 6.01. The molecule has 1 saturated heterocycles. The van der Waals surface area contributed by atoms with Crippen molar-refractivity contribution in [1.29, 1.82) is 0 Å². The third-order valence-corrected chi connectivity index (χ3v) is 3.92. The molecule has 1 N–H and O–H groups in total. The average Bonchev–Trinajstić information content (AvgIpc) is 2.63. The van der Waals surface area contributed by atoms with Crippen molar-refractivity contribution in [3.63, 3.8) is 0 Å². The molecule has 1 aliphatic heterocycles. The van der Waals surface area contributed by atoms with Crippen LogP contribution in [0, 0.1) is 0 Å². The van der Waals surface area contributed by atoms with Crippen molar-refractivity contribution in [2.75, 3.05) is 18.6 Å². The Morgan fingerprint density at radius 3 is 2.61 bits per heavy atom. The molecule has 1 aliphatic rings. The second-order valence-corrected chi connectivity index (χ2v) is 6.05. The number of rotatable bonds is 4. The molecule has 1 fully saturated rings. The highest BCUT2D eigenvalue weighted by molar-refractivity contribution is 7.84. The monoisotopic (exact) mass is 266 g/mol. The van der Waals surface area contributed by atoms with E-state index in [2.05, 4.69) is 5.32 Å². The van der Waals surface area contributed by atoms with Crippen molar-refractivity contribution in [1.82, 2.24) is 10.2 Å². The third-order valence-electron chi connectivity index (χ3n) is 3.16. The number of hydrogen-bond acceptors (Lipinski definition) is 3. The molecule has 18 heavy (non-hydrogen) atoms. The highest BCUT2D eigenvalue weighted by Gasteiger charge is 2.36. The number of nitrogens with zero attached hydrogens (tertiary/aromatic N) is 1. The summed E-state index contributed by atoms with van der Waals surface area (Å²) < 4.78 is 11.1. The molecule has 1 aromatic carbocycles. The minimum Gasteiger partial charge on any atom is -0.325 e. The van der Waals surface area contributed by atoms with Gasteiger partial charge in [-0.2, -0.15) is 0 Å². The first kappa shape index (κ1) is 13.2. The summed E-state index contributed by atoms with van der Waals surface area (Å²) in [4.78, 5) is 14.1. The summed E-state index contributed by atoms with van der Waals surface area (Å²) in [5.74, 6) is 0.596. The Morgan fingerprint density at radius 1 is 1.33 bits per heavy atom. The predicted molar refractivity (Wildman–Crippen MR) is 72.4 cm³/mol. The summed E-state index contributed by atoms with van der Waals surface area (Å²) in [6, 6.07) is 9.42. The number of benzene rings is 1. The molecule has 3 unspecified atom stereocenters. The van der Waals surface area contributed by atoms with E-state index in [9.17, 15) is 9.00 Å². The van der Waals surface area contributed by atoms with E-state index in [0.717, 1.165) is 5.56 Å². The van der Waals surface area contributed by atoms with Gasteiger partial charge in [-0.15, -0.1) is 0 Å². The zero-order valence-electron chi connectivity index (χ0n) is 10.6. The third kappa shape index (κ3) is 2.79. The average molecular weight is 266 g/mol. The highest BCUT2D eigenvalue weighted by atomic mass is 32.2. The lowest BCUT2D eigenvalue weighted by molar-refractivity contribution is -0.129. The van der Waals surface area contributed by atoms with Crippen LogP contribution in [0.4, 0.5) is 0 Å². The molecule has 0 aromatic heterocycles. The van der Waals surface area contributed by atoms with Gasteiger partial charge in [-0.1, -0.05) is 30.3 Å². The number of amides is 1. The van der Waals surface area contributed by atoms with E-state index in [1.165, 1.54) is 0 Å². The molecular weight excluding hydrogens is 248 g/mol. The quantitative estimate of drug-likeness (QED) is 0.880. The molecule has 3 atom stereocenters. The minimum atomic E-state index is -0.869. The van der Waals surface area contributed by atoms with E-state index in [4.69, 9.17) is 0 Å². The molecule has 2 rings (SSSR count). The first-order chi connectivity index (χ1) is 8.59. The first-order valence-corrected chi connectivity index (χ1v) is 7.74. The molecule has 98 valence electrons. The molecule has 0 saturated carbocycles. The molecule has 1 heterocycles. The van der Waals surface area contributed by atoms with Gasteiger partial charge >= 0.3 is 0 Å². The van der Waals surface area contributed by atoms with Crippen LogP contribution in [0.5, 0.6) is 0 Å². The fourth-order valence-electron chi connectivity index (χ4n) is 2.17. The van der Waals surface area contributed by atoms with Crippen molar-refractivity contribution in [3.8, 4) is 0 Å². The number of nitrogens with one attached hydrogen (secondary N) is 1. The van der Waals surface area contributed by atoms with Gasteiger partial charge in [0.25, 0.3) is 0 Å². The molecule has 1 aromatic rings. The molecule has 0 radical (unpaired) electrons. The van der Waals surface area contributed by atoms with Crippen LogP contribution in [-0.2, 0) is 15.6 Å². The van der Waals surface area contributed by atoms with Crippen molar-refractivity contribution >= 4 is 16.7 Å². The zero-order chi connectivity index (χ0) is 13.1. The van der Waals surface area contributed by atoms with Crippen molar-refractivity contribution in [2.24, 2.45) is 0 Å². The van der Waals surface area contributed by atoms with Gasteiger partial charge in [0.15, 0.2) is 0 Å². The van der Waals surface area contributed by atoms with Gasteiger partial charge in [0.2, 0.25) is 5.91 Å². The maximum atomic E-state index is 12.3. The standard InChI is InChI=1S/C13H18N2O2S/c1-10-14-12(11-6-4-3-5-7-11)13(16)15(10)8-9-18(2)17/h3-7,10,12,14H,8-9H2,1-2H3. The van der Waals surface area contributed by atoms with Gasteiger partial charge in [-0.3, -0.25) is 14.3 Å². The highest BCUT2D eigenvalue weighted by Crippen LogP contribution is 2.23. The molecule has 0 spiro atoms. The maximum absolute atomic E-state index is 12.3. The van der Waals surface area contributed by atoms with E-state index in [1.54, 1.807) is 11.2 Å². The SMILES string of the molecule is CC1NC(c2ccccc2)C(=O)N1CCS(C)=O. The number of hydrogen-bond donors (Lipinski definition) is 1. The van der Waals surface area contributed by atoms with Gasteiger partial charge < -0.3 is 4.90 Å². The summed E-state index contributed by atoms with van der Waals surface area (Å²) in [5.41, 5.74) is 0.981. The Bertz CT molecular complexity index is 450. The molecule has 0 bridgehead atoms. The number of carbonyl (C=O) groups is 1. The van der Waals surface area contributed by atoms with Crippen LogP contribution in [0.2, 0.25) is 0 Å². The minimum absolute atomic E-state index is 0.00810. The zero-order valence-corrected chi connectivity index (χ0v) is 11.4. The number of carbonyl (C=O) groups excluding carboxylic acids is 1. The lowest BCUT2D eigenvalue weighted by Crippen LogP contribution is -2.37. The van der Waals surface area contributed by atoms with Crippen LogP contribution in [0.25, 0.3) is 0 Å². The summed E-state index contributed by atoms with van der Waals surface area (Å²) in [5, 5.41) is 3.27. The Balaban J connectivity index is 2.09. The largest absolute Gasteiger partial charge is 0.325 e. The summed E-state index contributed by atoms with van der Waals surface area (Å²) in [7, 11) is -0.869. The lowest BCUT2D eigenvalue weighted by atomic mass is 10.1. The topological polar surface area (TPSA) is 49.4 Å². The van der Waals surface area contributed by atoms with Gasteiger partial charge in [0, 0.05) is 29.4 Å². The maximum Gasteiger partial charge on any atom is 0.245 e. The second kappa shape index (κ2) is 5.63. The van der Waals surface area contributed by atoms with E-state index in [1.807, 2.05) is 37.3 Å². The molecule has 4 nitrogen and oxygen atoms in total. The van der Waals surface area contributed by atoms with Crippen molar-refractivity contribution in [3.05, 3.63) is 35.9 Å². The Kier molecular flexibility index (Phi) is 4.14. The van der Waals surface area contributed by atoms with Gasteiger partial charge in [-0.25, -0.2) is 0 Å². The second-order valence-electron chi connectivity index (χ2n) is 4.50. The van der Waals surface area contributed by atoms with Crippen molar-refractivity contribution < 1.29 is 9.00 Å². The normalized spacial score (nSPS) is 25.4. The predicted octanol–water partition coefficient (Wildman–Crippen LogP) is 0.884. The Labute approximate surface area is 110 Å². The fraction of sp³-hybridized carbons (Fsp3) is 0.462. The van der Waals surface area contributed by atoms with E-state index in [-0.39, 0.29) is 18.1 Å². The van der Waals surface area contributed by atoms with E-state index < -0.39 is 10.8 Å². The van der Waals surface area contributed by atoms with Crippen molar-refractivity contribution in [2.45, 2.75) is 19.1 Å². The summed E-state index contributed by atoms with van der Waals surface area (Å²) >= 11 is 0. The van der Waals surface area contributed by atoms with Crippen LogP contribution in [0.15, 0.2) is 30.3 Å². The van der Waals surface area contributed by atoms with E-state index in [0.29, 0.717) is 12.3 Å². The lowest BCUT2D eigenvalue weighted by Gasteiger charge is -2.19. The molecule has 1 amide bonds. The van der Waals surface area contributed by atoms with Gasteiger partial charge in [-0.05, 0) is 12.5 Å². The van der Waals surface area contributed by atoms with E-state index >= 15 is 0 Å². The van der Waals surface area contributed by atoms with Gasteiger partial charge in [0.1, 0.15) is 6.04 Å². The summed E-state index contributed by atoms with van der Waals surface area (Å²) in [6.07, 6.45) is 1.65. The van der Waals surface area contributed by atoms with Gasteiger partial charge in [0.05, 0.1) is 6.17 Å². The fourth-order valence-corrected chi connectivity index (χ4v) is 2.63. The molecule has 0 aliphatic carbocycles. The van der Waals surface area contributed by atoms with Crippen LogP contribution < -0.4 is 5.32 Å². The van der Waals surface area contributed by atoms with Crippen LogP contribution >= 0.6 is 0 Å². The van der Waals surface area contributed by atoms with Crippen LogP contribution in [0.3, 0.4) is 0 Å². The van der Waals surface area contributed by atoms with Crippen LogP contribution in [0.1, 0.15) is 18.5 Å². The Morgan fingerprint density at radius 2 is 2.00 bits per heavy atom.